The molecular formula is C23H23FN4OS. The Morgan fingerprint density at radius 2 is 1.77 bits per heavy atom. The predicted molar refractivity (Wildman–Crippen MR) is 117 cm³/mol. The number of nitrogens with zero attached hydrogens (tertiary/aromatic N) is 3. The van der Waals surface area contributed by atoms with Gasteiger partial charge in [-0.1, -0.05) is 60.3 Å². The zero-order valence-corrected chi connectivity index (χ0v) is 17.3. The number of likely N-dealkylation sites (tertiary alicyclic amines) is 1. The van der Waals surface area contributed by atoms with Crippen LogP contribution in [-0.2, 0) is 4.79 Å². The lowest BCUT2D eigenvalue weighted by molar-refractivity contribution is -0.131. The van der Waals surface area contributed by atoms with E-state index in [0.717, 1.165) is 37.1 Å². The summed E-state index contributed by atoms with van der Waals surface area (Å²) in [5, 5.41) is 7.32. The summed E-state index contributed by atoms with van der Waals surface area (Å²) in [6.45, 7) is 1.62. The second-order valence-electron chi connectivity index (χ2n) is 7.18. The fourth-order valence-electron chi connectivity index (χ4n) is 3.41. The van der Waals surface area contributed by atoms with Gasteiger partial charge in [-0.15, -0.1) is 5.10 Å². The van der Waals surface area contributed by atoms with Crippen molar-refractivity contribution in [1.82, 2.24) is 20.1 Å². The summed E-state index contributed by atoms with van der Waals surface area (Å²) in [6.07, 6.45) is 6.90. The van der Waals surface area contributed by atoms with E-state index in [1.54, 1.807) is 18.2 Å². The Kier molecular flexibility index (Phi) is 6.59. The molecule has 0 unspecified atom stereocenters. The number of benzene rings is 2. The van der Waals surface area contributed by atoms with Crippen molar-refractivity contribution in [2.45, 2.75) is 29.7 Å². The number of amides is 1. The molecule has 0 saturated carbocycles. The van der Waals surface area contributed by atoms with E-state index in [4.69, 9.17) is 0 Å². The van der Waals surface area contributed by atoms with Gasteiger partial charge >= 0.3 is 0 Å². The minimum Gasteiger partial charge on any atom is -0.341 e. The summed E-state index contributed by atoms with van der Waals surface area (Å²) in [6, 6.07) is 16.0. The van der Waals surface area contributed by atoms with Crippen LogP contribution in [0.1, 0.15) is 41.5 Å². The first-order chi connectivity index (χ1) is 14.7. The number of rotatable bonds is 6. The molecule has 1 aliphatic heterocycles. The highest BCUT2D eigenvalue weighted by atomic mass is 32.2. The van der Waals surface area contributed by atoms with Crippen molar-refractivity contribution in [3.63, 3.8) is 0 Å². The van der Waals surface area contributed by atoms with Gasteiger partial charge in [0.25, 0.3) is 0 Å². The third-order valence-corrected chi connectivity index (χ3v) is 6.11. The second-order valence-corrected chi connectivity index (χ2v) is 8.25. The maximum Gasteiger partial charge on any atom is 0.240 e. The fraction of sp³-hybridized carbons (Fsp3) is 0.261. The SMILES string of the molecule is O=C([C@H](Sc1n[nH]c(/C=C\c2ccc(F)cc2)n1)c1ccccc1)N1CCCCC1. The van der Waals surface area contributed by atoms with Crippen molar-refractivity contribution in [1.29, 1.82) is 0 Å². The summed E-state index contributed by atoms with van der Waals surface area (Å²) in [5.41, 5.74) is 1.82. The van der Waals surface area contributed by atoms with Crippen LogP contribution in [0.25, 0.3) is 12.2 Å². The first-order valence-corrected chi connectivity index (χ1v) is 10.9. The summed E-state index contributed by atoms with van der Waals surface area (Å²) in [7, 11) is 0. The van der Waals surface area contributed by atoms with Gasteiger partial charge in [-0.25, -0.2) is 9.37 Å². The molecule has 1 saturated heterocycles. The Bertz CT molecular complexity index is 998. The van der Waals surface area contributed by atoms with Crippen LogP contribution in [0.15, 0.2) is 59.8 Å². The van der Waals surface area contributed by atoms with Gasteiger partial charge in [0, 0.05) is 13.1 Å². The first-order valence-electron chi connectivity index (χ1n) is 10.1. The Hall–Kier alpha value is -2.93. The number of carbonyl (C=O) groups is 1. The van der Waals surface area contributed by atoms with Gasteiger partial charge in [0.05, 0.1) is 0 Å². The number of piperidine rings is 1. The molecule has 2 aromatic carbocycles. The standard InChI is InChI=1S/C23H23FN4OS/c24-19-12-9-17(10-13-19)11-14-20-25-23(27-26-20)30-21(18-7-3-1-4-8-18)22(29)28-15-5-2-6-16-28/h1,3-4,7-14,21H,2,5-6,15-16H2,(H,25,26,27)/b14-11-/t21-/m1/s1. The molecule has 1 fully saturated rings. The van der Waals surface area contributed by atoms with E-state index in [2.05, 4.69) is 15.2 Å². The third-order valence-electron chi connectivity index (χ3n) is 5.00. The van der Waals surface area contributed by atoms with E-state index in [1.165, 1.54) is 30.3 Å². The molecular weight excluding hydrogens is 399 g/mol. The van der Waals surface area contributed by atoms with Crippen molar-refractivity contribution in [2.24, 2.45) is 0 Å². The average molecular weight is 423 g/mol. The minimum atomic E-state index is -0.381. The maximum absolute atomic E-state index is 13.2. The Labute approximate surface area is 179 Å². The molecule has 1 N–H and O–H groups in total. The van der Waals surface area contributed by atoms with Crippen molar-refractivity contribution >= 4 is 29.8 Å². The quantitative estimate of drug-likeness (QED) is 0.571. The Balaban J connectivity index is 1.50. The molecule has 0 spiro atoms. The van der Waals surface area contributed by atoms with Crippen LogP contribution in [0.5, 0.6) is 0 Å². The molecule has 5 nitrogen and oxygen atoms in total. The van der Waals surface area contributed by atoms with E-state index in [1.807, 2.05) is 41.3 Å². The fourth-order valence-corrected chi connectivity index (χ4v) is 4.41. The van der Waals surface area contributed by atoms with Gasteiger partial charge in [0.1, 0.15) is 16.9 Å². The Morgan fingerprint density at radius 1 is 1.03 bits per heavy atom. The molecule has 2 heterocycles. The summed E-state index contributed by atoms with van der Waals surface area (Å²) in [5.74, 6) is 0.425. The van der Waals surface area contributed by atoms with E-state index in [9.17, 15) is 9.18 Å². The lowest BCUT2D eigenvalue weighted by Crippen LogP contribution is -2.38. The molecule has 0 bridgehead atoms. The molecule has 154 valence electrons. The van der Waals surface area contributed by atoms with Crippen LogP contribution in [0.3, 0.4) is 0 Å². The molecule has 1 aromatic heterocycles. The van der Waals surface area contributed by atoms with Crippen LogP contribution in [0.2, 0.25) is 0 Å². The molecule has 1 atom stereocenters. The number of thioether (sulfide) groups is 1. The lowest BCUT2D eigenvalue weighted by Gasteiger charge is -2.30. The highest BCUT2D eigenvalue weighted by molar-refractivity contribution is 8.00. The van der Waals surface area contributed by atoms with Crippen LogP contribution >= 0.6 is 11.8 Å². The smallest absolute Gasteiger partial charge is 0.240 e. The van der Waals surface area contributed by atoms with Gasteiger partial charge in [0.15, 0.2) is 0 Å². The molecule has 1 aliphatic rings. The zero-order valence-electron chi connectivity index (χ0n) is 16.5. The van der Waals surface area contributed by atoms with Crippen molar-refractivity contribution < 1.29 is 9.18 Å². The number of hydrogen-bond donors (Lipinski definition) is 1. The molecule has 30 heavy (non-hydrogen) atoms. The first kappa shape index (κ1) is 20.3. The van der Waals surface area contributed by atoms with Gasteiger partial charge < -0.3 is 4.90 Å². The number of hydrogen-bond acceptors (Lipinski definition) is 4. The van der Waals surface area contributed by atoms with Crippen LogP contribution in [0.4, 0.5) is 4.39 Å². The predicted octanol–water partition coefficient (Wildman–Crippen LogP) is 4.96. The number of carbonyl (C=O) groups excluding carboxylic acids is 1. The third kappa shape index (κ3) is 5.16. The topological polar surface area (TPSA) is 61.9 Å². The molecule has 7 heteroatoms. The molecule has 4 rings (SSSR count). The van der Waals surface area contributed by atoms with Crippen molar-refractivity contribution in [3.05, 3.63) is 77.4 Å². The monoisotopic (exact) mass is 422 g/mol. The summed E-state index contributed by atoms with van der Waals surface area (Å²) in [4.78, 5) is 19.7. The highest BCUT2D eigenvalue weighted by Gasteiger charge is 2.29. The maximum atomic E-state index is 13.2. The second kappa shape index (κ2) is 9.71. The van der Waals surface area contributed by atoms with Crippen LogP contribution < -0.4 is 0 Å². The van der Waals surface area contributed by atoms with Gasteiger partial charge in [-0.05, 0) is 48.6 Å². The number of H-pyrrole nitrogens is 1. The number of aromatic amines is 1. The van der Waals surface area contributed by atoms with Crippen LogP contribution in [0, 0.1) is 5.82 Å². The lowest BCUT2D eigenvalue weighted by atomic mass is 10.1. The molecule has 3 aromatic rings. The zero-order chi connectivity index (χ0) is 20.8. The normalized spacial score (nSPS) is 15.4. The van der Waals surface area contributed by atoms with Crippen molar-refractivity contribution in [2.75, 3.05) is 13.1 Å². The van der Waals surface area contributed by atoms with Crippen LogP contribution in [-0.4, -0.2) is 39.1 Å². The van der Waals surface area contributed by atoms with E-state index >= 15 is 0 Å². The molecule has 0 aliphatic carbocycles. The van der Waals surface area contributed by atoms with Crippen molar-refractivity contribution in [3.8, 4) is 0 Å². The number of halogens is 1. The summed E-state index contributed by atoms with van der Waals surface area (Å²) >= 11 is 1.36. The van der Waals surface area contributed by atoms with E-state index in [0.29, 0.717) is 11.0 Å². The molecule has 1 amide bonds. The Morgan fingerprint density at radius 3 is 2.50 bits per heavy atom. The number of aromatic nitrogens is 3. The van der Waals surface area contributed by atoms with Gasteiger partial charge in [-0.2, -0.15) is 0 Å². The minimum absolute atomic E-state index is 0.110. The number of nitrogens with one attached hydrogen (secondary N) is 1. The highest BCUT2D eigenvalue weighted by Crippen LogP contribution is 2.35. The van der Waals surface area contributed by atoms with E-state index in [-0.39, 0.29) is 17.0 Å². The van der Waals surface area contributed by atoms with Gasteiger partial charge in [0.2, 0.25) is 11.1 Å². The average Bonchev–Trinajstić information content (AvgIpc) is 3.25. The molecule has 0 radical (unpaired) electrons. The van der Waals surface area contributed by atoms with Gasteiger partial charge in [-0.3, -0.25) is 9.89 Å². The largest absolute Gasteiger partial charge is 0.341 e. The summed E-state index contributed by atoms with van der Waals surface area (Å²) < 4.78 is 13.0. The van der Waals surface area contributed by atoms with E-state index < -0.39 is 0 Å².